The summed E-state index contributed by atoms with van der Waals surface area (Å²) in [6, 6.07) is 8.85. The van der Waals surface area contributed by atoms with Crippen molar-refractivity contribution in [2.24, 2.45) is 0 Å². The van der Waals surface area contributed by atoms with E-state index in [0.29, 0.717) is 11.3 Å². The van der Waals surface area contributed by atoms with Crippen LogP contribution in [0.4, 0.5) is 10.5 Å². The molecule has 0 fully saturated rings. The maximum atomic E-state index is 11.2. The second kappa shape index (κ2) is 4.28. The Balaban J connectivity index is 3.07. The van der Waals surface area contributed by atoms with E-state index in [9.17, 15) is 4.79 Å². The Bertz CT molecular complexity index is 382. The topological polar surface area (TPSA) is 53.3 Å². The van der Waals surface area contributed by atoms with E-state index in [4.69, 9.17) is 5.26 Å². The third-order valence-electron chi connectivity index (χ3n) is 1.83. The number of amides is 1. The Morgan fingerprint density at radius 2 is 2.14 bits per heavy atom. The fourth-order valence-corrected chi connectivity index (χ4v) is 1.10. The van der Waals surface area contributed by atoms with E-state index in [2.05, 4.69) is 4.74 Å². The van der Waals surface area contributed by atoms with Crippen molar-refractivity contribution in [2.75, 3.05) is 19.1 Å². The zero-order valence-electron chi connectivity index (χ0n) is 8.02. The first-order valence-electron chi connectivity index (χ1n) is 4.01. The fraction of sp³-hybridized carbons (Fsp3) is 0.200. The van der Waals surface area contributed by atoms with Gasteiger partial charge in [0.05, 0.1) is 18.4 Å². The van der Waals surface area contributed by atoms with Crippen molar-refractivity contribution in [2.45, 2.75) is 0 Å². The lowest BCUT2D eigenvalue weighted by Gasteiger charge is -2.16. The molecule has 4 heteroatoms. The minimum Gasteiger partial charge on any atom is -0.452 e. The molecule has 0 aliphatic heterocycles. The largest absolute Gasteiger partial charge is 0.452 e. The van der Waals surface area contributed by atoms with Crippen LogP contribution in [0.2, 0.25) is 0 Å². The maximum Gasteiger partial charge on any atom is 0.413 e. The van der Waals surface area contributed by atoms with E-state index < -0.39 is 6.09 Å². The molecule has 0 saturated heterocycles. The smallest absolute Gasteiger partial charge is 0.413 e. The van der Waals surface area contributed by atoms with Gasteiger partial charge in [0.25, 0.3) is 0 Å². The molecule has 0 spiro atoms. The third-order valence-corrected chi connectivity index (χ3v) is 1.83. The molecule has 0 heterocycles. The molecule has 0 aliphatic carbocycles. The number of anilines is 1. The van der Waals surface area contributed by atoms with Gasteiger partial charge >= 0.3 is 6.09 Å². The third kappa shape index (κ3) is 1.83. The lowest BCUT2D eigenvalue weighted by atomic mass is 10.2. The number of carbonyl (C=O) groups is 1. The van der Waals surface area contributed by atoms with Crippen molar-refractivity contribution in [1.82, 2.24) is 0 Å². The zero-order valence-corrected chi connectivity index (χ0v) is 8.02. The number of carbonyl (C=O) groups excluding carboxylic acids is 1. The summed E-state index contributed by atoms with van der Waals surface area (Å²) >= 11 is 0. The van der Waals surface area contributed by atoms with Gasteiger partial charge in [-0.15, -0.1) is 0 Å². The molecule has 0 bridgehead atoms. The highest BCUT2D eigenvalue weighted by molar-refractivity contribution is 5.88. The molecule has 1 aromatic carbocycles. The van der Waals surface area contributed by atoms with Crippen LogP contribution >= 0.6 is 0 Å². The van der Waals surface area contributed by atoms with E-state index in [1.807, 2.05) is 6.07 Å². The lowest BCUT2D eigenvalue weighted by Crippen LogP contribution is -2.26. The monoisotopic (exact) mass is 190 g/mol. The predicted molar refractivity (Wildman–Crippen MR) is 52.0 cm³/mol. The van der Waals surface area contributed by atoms with E-state index >= 15 is 0 Å². The van der Waals surface area contributed by atoms with Crippen LogP contribution in [0.3, 0.4) is 0 Å². The molecule has 1 amide bonds. The van der Waals surface area contributed by atoms with Gasteiger partial charge in [0, 0.05) is 7.05 Å². The summed E-state index contributed by atoms with van der Waals surface area (Å²) in [5.41, 5.74) is 0.988. The summed E-state index contributed by atoms with van der Waals surface area (Å²) < 4.78 is 4.54. The van der Waals surface area contributed by atoms with Gasteiger partial charge in [-0.3, -0.25) is 4.90 Å². The first kappa shape index (κ1) is 10.1. The summed E-state index contributed by atoms with van der Waals surface area (Å²) in [6.07, 6.45) is -0.493. The number of para-hydroxylation sites is 1. The van der Waals surface area contributed by atoms with Gasteiger partial charge in [-0.05, 0) is 12.1 Å². The highest BCUT2D eigenvalue weighted by Crippen LogP contribution is 2.18. The Morgan fingerprint density at radius 3 is 2.71 bits per heavy atom. The SMILES string of the molecule is COC(=O)N(C)c1ccccc1C#N. The second-order valence-corrected chi connectivity index (χ2v) is 2.66. The fourth-order valence-electron chi connectivity index (χ4n) is 1.10. The first-order chi connectivity index (χ1) is 6.70. The first-order valence-corrected chi connectivity index (χ1v) is 4.01. The van der Waals surface area contributed by atoms with Gasteiger partial charge in [0.15, 0.2) is 0 Å². The summed E-state index contributed by atoms with van der Waals surface area (Å²) in [6.45, 7) is 0. The van der Waals surface area contributed by atoms with Crippen molar-refractivity contribution < 1.29 is 9.53 Å². The summed E-state index contributed by atoms with van der Waals surface area (Å²) in [4.78, 5) is 12.5. The normalized spacial score (nSPS) is 8.93. The minimum absolute atomic E-state index is 0.445. The molecule has 0 atom stereocenters. The second-order valence-electron chi connectivity index (χ2n) is 2.66. The van der Waals surface area contributed by atoms with Crippen LogP contribution in [0.25, 0.3) is 0 Å². The number of ether oxygens (including phenoxy) is 1. The van der Waals surface area contributed by atoms with Crippen LogP contribution in [0.5, 0.6) is 0 Å². The van der Waals surface area contributed by atoms with Gasteiger partial charge in [-0.2, -0.15) is 5.26 Å². The van der Waals surface area contributed by atoms with Crippen molar-refractivity contribution in [1.29, 1.82) is 5.26 Å². The number of nitrogens with zero attached hydrogens (tertiary/aromatic N) is 2. The molecule has 4 nitrogen and oxygen atoms in total. The number of hydrogen-bond donors (Lipinski definition) is 0. The summed E-state index contributed by atoms with van der Waals surface area (Å²) in [7, 11) is 2.86. The van der Waals surface area contributed by atoms with Crippen LogP contribution in [0, 0.1) is 11.3 Å². The highest BCUT2D eigenvalue weighted by Gasteiger charge is 2.13. The van der Waals surface area contributed by atoms with Gasteiger partial charge in [0.1, 0.15) is 6.07 Å². The molecule has 14 heavy (non-hydrogen) atoms. The molecule has 72 valence electrons. The number of methoxy groups -OCH3 is 1. The quantitative estimate of drug-likeness (QED) is 0.678. The van der Waals surface area contributed by atoms with Crippen LogP contribution < -0.4 is 4.90 Å². The van der Waals surface area contributed by atoms with E-state index in [1.165, 1.54) is 12.0 Å². The number of benzene rings is 1. The minimum atomic E-state index is -0.493. The standard InChI is InChI=1S/C10H10N2O2/c1-12(10(13)14-2)9-6-4-3-5-8(9)7-11/h3-6H,1-2H3. The van der Waals surface area contributed by atoms with Crippen LogP contribution in [-0.4, -0.2) is 20.3 Å². The van der Waals surface area contributed by atoms with E-state index in [-0.39, 0.29) is 0 Å². The number of rotatable bonds is 1. The Morgan fingerprint density at radius 1 is 1.50 bits per heavy atom. The summed E-state index contributed by atoms with van der Waals surface area (Å²) in [5.74, 6) is 0. The number of nitriles is 1. The van der Waals surface area contributed by atoms with Gasteiger partial charge in [-0.1, -0.05) is 12.1 Å². The van der Waals surface area contributed by atoms with E-state index in [0.717, 1.165) is 0 Å². The lowest BCUT2D eigenvalue weighted by molar-refractivity contribution is 0.180. The van der Waals surface area contributed by atoms with E-state index in [1.54, 1.807) is 31.3 Å². The Kier molecular flexibility index (Phi) is 3.08. The van der Waals surface area contributed by atoms with Crippen molar-refractivity contribution in [3.63, 3.8) is 0 Å². The average Bonchev–Trinajstić information content (AvgIpc) is 2.26. The molecule has 0 aromatic heterocycles. The Labute approximate surface area is 82.3 Å². The van der Waals surface area contributed by atoms with Crippen LogP contribution in [0.15, 0.2) is 24.3 Å². The molecule has 0 saturated carbocycles. The van der Waals surface area contributed by atoms with Crippen LogP contribution in [0.1, 0.15) is 5.56 Å². The maximum absolute atomic E-state index is 11.2. The van der Waals surface area contributed by atoms with Gasteiger partial charge < -0.3 is 4.74 Å². The van der Waals surface area contributed by atoms with Crippen molar-refractivity contribution >= 4 is 11.8 Å². The molecule has 1 rings (SSSR count). The predicted octanol–water partition coefficient (Wildman–Crippen LogP) is 1.76. The molecular weight excluding hydrogens is 180 g/mol. The van der Waals surface area contributed by atoms with Crippen molar-refractivity contribution in [3.05, 3.63) is 29.8 Å². The molecule has 0 unspecified atom stereocenters. The van der Waals surface area contributed by atoms with Gasteiger partial charge in [0.2, 0.25) is 0 Å². The number of hydrogen-bond acceptors (Lipinski definition) is 3. The molecular formula is C10H10N2O2. The van der Waals surface area contributed by atoms with Crippen molar-refractivity contribution in [3.8, 4) is 6.07 Å². The molecule has 0 N–H and O–H groups in total. The molecule has 0 radical (unpaired) electrons. The average molecular weight is 190 g/mol. The zero-order chi connectivity index (χ0) is 10.6. The Hall–Kier alpha value is -2.02. The molecule has 1 aromatic rings. The molecule has 0 aliphatic rings. The highest BCUT2D eigenvalue weighted by atomic mass is 16.5. The van der Waals surface area contributed by atoms with Crippen LogP contribution in [-0.2, 0) is 4.74 Å². The summed E-state index contributed by atoms with van der Waals surface area (Å²) in [5, 5.41) is 8.79. The van der Waals surface area contributed by atoms with Gasteiger partial charge in [-0.25, -0.2) is 4.79 Å².